The first kappa shape index (κ1) is 17.2. The van der Waals surface area contributed by atoms with Crippen LogP contribution < -0.4 is 9.64 Å². The molecule has 0 unspecified atom stereocenters. The highest BCUT2D eigenvalue weighted by atomic mass is 16.5. The van der Waals surface area contributed by atoms with E-state index in [2.05, 4.69) is 37.9 Å². The van der Waals surface area contributed by atoms with Gasteiger partial charge in [0.15, 0.2) is 0 Å². The SMILES string of the molecule is Cc1nc2ncnn2c(N2CCC(COc3ncccc3C#N)CC2)c1C. The monoisotopic (exact) mass is 363 g/mol. The molecule has 0 aromatic carbocycles. The highest BCUT2D eigenvalue weighted by Gasteiger charge is 2.24. The summed E-state index contributed by atoms with van der Waals surface area (Å²) in [5.41, 5.74) is 2.59. The van der Waals surface area contributed by atoms with Crippen LogP contribution in [0.5, 0.6) is 5.88 Å². The molecule has 1 fully saturated rings. The van der Waals surface area contributed by atoms with E-state index < -0.39 is 0 Å². The van der Waals surface area contributed by atoms with Crippen LogP contribution in [0.15, 0.2) is 24.7 Å². The van der Waals surface area contributed by atoms with Gasteiger partial charge in [-0.05, 0) is 44.7 Å². The number of hydrogen-bond acceptors (Lipinski definition) is 7. The topological polar surface area (TPSA) is 92.2 Å². The fourth-order valence-electron chi connectivity index (χ4n) is 3.49. The van der Waals surface area contributed by atoms with Crippen molar-refractivity contribution >= 4 is 11.6 Å². The molecule has 3 aromatic rings. The van der Waals surface area contributed by atoms with E-state index in [4.69, 9.17) is 10.00 Å². The average molecular weight is 363 g/mol. The van der Waals surface area contributed by atoms with Crippen LogP contribution in [0.4, 0.5) is 5.82 Å². The number of piperidine rings is 1. The lowest BCUT2D eigenvalue weighted by Crippen LogP contribution is -2.37. The Balaban J connectivity index is 1.43. The van der Waals surface area contributed by atoms with Gasteiger partial charge < -0.3 is 9.64 Å². The van der Waals surface area contributed by atoms with Gasteiger partial charge in [0.1, 0.15) is 23.8 Å². The van der Waals surface area contributed by atoms with Crippen molar-refractivity contribution in [2.45, 2.75) is 26.7 Å². The van der Waals surface area contributed by atoms with Gasteiger partial charge in [0.25, 0.3) is 5.78 Å². The van der Waals surface area contributed by atoms with Crippen molar-refractivity contribution in [3.8, 4) is 11.9 Å². The molecule has 0 atom stereocenters. The van der Waals surface area contributed by atoms with Crippen molar-refractivity contribution in [2.75, 3.05) is 24.6 Å². The zero-order valence-corrected chi connectivity index (χ0v) is 15.5. The highest BCUT2D eigenvalue weighted by molar-refractivity contribution is 5.54. The van der Waals surface area contributed by atoms with Gasteiger partial charge in [0.05, 0.1) is 6.61 Å². The second-order valence-electron chi connectivity index (χ2n) is 6.83. The van der Waals surface area contributed by atoms with E-state index in [1.807, 2.05) is 11.4 Å². The summed E-state index contributed by atoms with van der Waals surface area (Å²) in [6.45, 7) is 6.50. The Morgan fingerprint density at radius 3 is 2.85 bits per heavy atom. The Bertz CT molecular complexity index is 999. The predicted octanol–water partition coefficient (Wildman–Crippen LogP) is 2.30. The third kappa shape index (κ3) is 3.28. The molecular formula is C19H21N7O. The predicted molar refractivity (Wildman–Crippen MR) is 99.6 cm³/mol. The van der Waals surface area contributed by atoms with Crippen LogP contribution in [-0.4, -0.2) is 44.3 Å². The maximum Gasteiger partial charge on any atom is 0.254 e. The van der Waals surface area contributed by atoms with Crippen LogP contribution in [-0.2, 0) is 0 Å². The third-order valence-corrected chi connectivity index (χ3v) is 5.14. The second kappa shape index (κ2) is 7.19. The fraction of sp³-hybridized carbons (Fsp3) is 0.421. The first-order valence-electron chi connectivity index (χ1n) is 9.07. The number of aromatic nitrogens is 5. The minimum absolute atomic E-state index is 0.423. The largest absolute Gasteiger partial charge is 0.476 e. The minimum Gasteiger partial charge on any atom is -0.476 e. The van der Waals surface area contributed by atoms with Crippen molar-refractivity contribution in [3.05, 3.63) is 41.5 Å². The molecule has 27 heavy (non-hydrogen) atoms. The molecule has 0 bridgehead atoms. The van der Waals surface area contributed by atoms with E-state index in [9.17, 15) is 0 Å². The average Bonchev–Trinajstić information content (AvgIpc) is 3.16. The van der Waals surface area contributed by atoms with E-state index in [0.29, 0.717) is 29.7 Å². The standard InChI is InChI=1S/C19H21N7O/c1-13-14(2)24-19-22-12-23-26(19)18(13)25-8-5-15(6-9-25)11-27-17-16(10-20)4-3-7-21-17/h3-4,7,12,15H,5-6,8-9,11H2,1-2H3. The molecule has 8 heteroatoms. The van der Waals surface area contributed by atoms with Crippen LogP contribution >= 0.6 is 0 Å². The Kier molecular flexibility index (Phi) is 4.59. The summed E-state index contributed by atoms with van der Waals surface area (Å²) in [6, 6.07) is 5.59. The molecule has 1 aliphatic rings. The van der Waals surface area contributed by atoms with Crippen LogP contribution in [0, 0.1) is 31.1 Å². The Hall–Kier alpha value is -3.21. The number of pyridine rings is 1. The molecule has 3 aromatic heterocycles. The molecule has 0 saturated carbocycles. The molecule has 4 rings (SSSR count). The Morgan fingerprint density at radius 1 is 1.26 bits per heavy atom. The Labute approximate surface area is 157 Å². The molecule has 8 nitrogen and oxygen atoms in total. The lowest BCUT2D eigenvalue weighted by Gasteiger charge is -2.34. The van der Waals surface area contributed by atoms with E-state index in [1.165, 1.54) is 0 Å². The lowest BCUT2D eigenvalue weighted by atomic mass is 9.97. The zero-order valence-electron chi connectivity index (χ0n) is 15.5. The van der Waals surface area contributed by atoms with Crippen molar-refractivity contribution in [3.63, 3.8) is 0 Å². The van der Waals surface area contributed by atoms with Crippen LogP contribution in [0.1, 0.15) is 29.7 Å². The maximum absolute atomic E-state index is 9.14. The third-order valence-electron chi connectivity index (χ3n) is 5.14. The molecule has 138 valence electrons. The van der Waals surface area contributed by atoms with Crippen molar-refractivity contribution in [1.29, 1.82) is 5.26 Å². The number of ether oxygens (including phenoxy) is 1. The number of aryl methyl sites for hydroxylation is 1. The molecule has 0 amide bonds. The molecule has 4 heterocycles. The van der Waals surface area contributed by atoms with Crippen LogP contribution in [0.3, 0.4) is 0 Å². The van der Waals surface area contributed by atoms with Gasteiger partial charge in [-0.25, -0.2) is 9.97 Å². The summed E-state index contributed by atoms with van der Waals surface area (Å²) in [6.07, 6.45) is 5.21. The number of hydrogen-bond donors (Lipinski definition) is 0. The Morgan fingerprint density at radius 2 is 2.07 bits per heavy atom. The smallest absolute Gasteiger partial charge is 0.254 e. The number of nitrogens with zero attached hydrogens (tertiary/aromatic N) is 7. The second-order valence-corrected chi connectivity index (χ2v) is 6.83. The molecule has 0 radical (unpaired) electrons. The summed E-state index contributed by atoms with van der Waals surface area (Å²) in [5.74, 6) is 2.57. The van der Waals surface area contributed by atoms with Crippen molar-refractivity contribution in [2.24, 2.45) is 5.92 Å². The maximum atomic E-state index is 9.14. The van der Waals surface area contributed by atoms with Gasteiger partial charge in [0.2, 0.25) is 5.88 Å². The van der Waals surface area contributed by atoms with E-state index in [0.717, 1.165) is 43.0 Å². The number of anilines is 1. The van der Waals surface area contributed by atoms with Gasteiger partial charge in [-0.1, -0.05) is 0 Å². The lowest BCUT2D eigenvalue weighted by molar-refractivity contribution is 0.215. The van der Waals surface area contributed by atoms with Gasteiger partial charge in [-0.2, -0.15) is 19.9 Å². The quantitative estimate of drug-likeness (QED) is 0.702. The van der Waals surface area contributed by atoms with Crippen LogP contribution in [0.2, 0.25) is 0 Å². The van der Waals surface area contributed by atoms with Crippen molar-refractivity contribution in [1.82, 2.24) is 24.6 Å². The molecular weight excluding hydrogens is 342 g/mol. The van der Waals surface area contributed by atoms with Crippen molar-refractivity contribution < 1.29 is 4.74 Å². The normalized spacial score (nSPS) is 15.1. The molecule has 1 saturated heterocycles. The highest BCUT2D eigenvalue weighted by Crippen LogP contribution is 2.28. The number of nitriles is 1. The number of fused-ring (bicyclic) bond motifs is 1. The fourth-order valence-corrected chi connectivity index (χ4v) is 3.49. The molecule has 0 spiro atoms. The minimum atomic E-state index is 0.423. The first-order chi connectivity index (χ1) is 13.2. The summed E-state index contributed by atoms with van der Waals surface area (Å²) >= 11 is 0. The van der Waals surface area contributed by atoms with Gasteiger partial charge >= 0.3 is 0 Å². The summed E-state index contributed by atoms with van der Waals surface area (Å²) in [7, 11) is 0. The van der Waals surface area contributed by atoms with E-state index in [1.54, 1.807) is 24.7 Å². The van der Waals surface area contributed by atoms with Gasteiger partial charge in [-0.15, -0.1) is 0 Å². The molecule has 0 N–H and O–H groups in total. The summed E-state index contributed by atoms with van der Waals surface area (Å²) < 4.78 is 7.65. The van der Waals surface area contributed by atoms with E-state index in [-0.39, 0.29) is 0 Å². The summed E-state index contributed by atoms with van der Waals surface area (Å²) in [5, 5.41) is 13.5. The van der Waals surface area contributed by atoms with Gasteiger partial charge in [0, 0.05) is 30.5 Å². The molecule has 0 aliphatic carbocycles. The summed E-state index contributed by atoms with van der Waals surface area (Å²) in [4.78, 5) is 15.2. The van der Waals surface area contributed by atoms with Gasteiger partial charge in [-0.3, -0.25) is 0 Å². The molecule has 1 aliphatic heterocycles. The zero-order chi connectivity index (χ0) is 18.8. The van der Waals surface area contributed by atoms with E-state index >= 15 is 0 Å². The number of rotatable bonds is 4. The first-order valence-corrected chi connectivity index (χ1v) is 9.07. The van der Waals surface area contributed by atoms with Crippen LogP contribution in [0.25, 0.3) is 5.78 Å².